The van der Waals surface area contributed by atoms with Gasteiger partial charge in [0, 0.05) is 36.9 Å². The third-order valence-corrected chi connectivity index (χ3v) is 4.77. The van der Waals surface area contributed by atoms with E-state index in [1.807, 2.05) is 35.0 Å². The molecule has 0 saturated carbocycles. The predicted octanol–water partition coefficient (Wildman–Crippen LogP) is 1.65. The van der Waals surface area contributed by atoms with Crippen molar-refractivity contribution >= 4 is 15.7 Å². The normalized spacial score (nSPS) is 12.3. The van der Waals surface area contributed by atoms with Gasteiger partial charge in [0.05, 0.1) is 12.6 Å². The summed E-state index contributed by atoms with van der Waals surface area (Å²) in [6.07, 6.45) is 5.73. The maximum atomic E-state index is 11.2. The van der Waals surface area contributed by atoms with Crippen molar-refractivity contribution in [3.8, 4) is 17.2 Å². The van der Waals surface area contributed by atoms with Crippen molar-refractivity contribution in [3.63, 3.8) is 0 Å². The Hall–Kier alpha value is -3.08. The number of anilines is 1. The van der Waals surface area contributed by atoms with Crippen LogP contribution in [0.3, 0.4) is 0 Å². The first-order chi connectivity index (χ1) is 14.9. The molecule has 10 heteroatoms. The van der Waals surface area contributed by atoms with E-state index < -0.39 is 16.1 Å². The lowest BCUT2D eigenvalue weighted by Crippen LogP contribution is -2.33. The fraction of sp³-hybridized carbons (Fsp3) is 0.286. The Morgan fingerprint density at radius 2 is 1.74 bits per heavy atom. The summed E-state index contributed by atoms with van der Waals surface area (Å²) in [7, 11) is -3.31. The van der Waals surface area contributed by atoms with Crippen molar-refractivity contribution in [1.82, 2.24) is 14.9 Å². The van der Waals surface area contributed by atoms with Crippen LogP contribution in [0.2, 0.25) is 0 Å². The molecule has 31 heavy (non-hydrogen) atoms. The lowest BCUT2D eigenvalue weighted by Gasteiger charge is -2.14. The van der Waals surface area contributed by atoms with Crippen LogP contribution in [-0.4, -0.2) is 61.7 Å². The number of nitrogens with zero attached hydrogens (tertiary/aromatic N) is 2. The van der Waals surface area contributed by atoms with E-state index in [9.17, 15) is 13.5 Å². The van der Waals surface area contributed by atoms with Crippen molar-refractivity contribution in [2.24, 2.45) is 0 Å². The highest BCUT2D eigenvalue weighted by atomic mass is 32.2. The number of imidazole rings is 1. The quantitative estimate of drug-likeness (QED) is 0.363. The molecular weight excluding hydrogens is 420 g/mol. The van der Waals surface area contributed by atoms with E-state index >= 15 is 0 Å². The van der Waals surface area contributed by atoms with Crippen LogP contribution >= 0.6 is 0 Å². The fourth-order valence-corrected chi connectivity index (χ4v) is 3.28. The number of aliphatic hydroxyl groups excluding tert-OH is 1. The second kappa shape index (κ2) is 10.8. The van der Waals surface area contributed by atoms with E-state index in [1.165, 1.54) is 0 Å². The number of aromatic nitrogens is 2. The molecule has 0 radical (unpaired) electrons. The van der Waals surface area contributed by atoms with Crippen molar-refractivity contribution in [2.45, 2.75) is 6.10 Å². The van der Waals surface area contributed by atoms with Gasteiger partial charge in [0.15, 0.2) is 0 Å². The molecule has 1 atom stereocenters. The lowest BCUT2D eigenvalue weighted by molar-refractivity contribution is 0.105. The van der Waals surface area contributed by atoms with Crippen molar-refractivity contribution in [3.05, 3.63) is 67.3 Å². The molecule has 0 aliphatic carbocycles. The van der Waals surface area contributed by atoms with Crippen molar-refractivity contribution in [2.75, 3.05) is 37.3 Å². The van der Waals surface area contributed by atoms with Crippen LogP contribution in [0.15, 0.2) is 67.3 Å². The summed E-state index contributed by atoms with van der Waals surface area (Å²) < 4.78 is 37.9. The minimum Gasteiger partial charge on any atom is -0.492 e. The van der Waals surface area contributed by atoms with Crippen LogP contribution in [0.1, 0.15) is 0 Å². The van der Waals surface area contributed by atoms with Gasteiger partial charge in [-0.15, -0.1) is 0 Å². The largest absolute Gasteiger partial charge is 0.492 e. The maximum absolute atomic E-state index is 11.2. The molecule has 2 aromatic carbocycles. The first-order valence-corrected chi connectivity index (χ1v) is 11.6. The highest BCUT2D eigenvalue weighted by Gasteiger charge is 2.06. The fourth-order valence-electron chi connectivity index (χ4n) is 2.72. The molecular formula is C21H26N4O5S. The summed E-state index contributed by atoms with van der Waals surface area (Å²) in [5, 5.41) is 13.1. The number of aliphatic hydroxyl groups is 1. The number of hydrogen-bond donors (Lipinski definition) is 3. The summed E-state index contributed by atoms with van der Waals surface area (Å²) in [6.45, 7) is 1.51. The van der Waals surface area contributed by atoms with Gasteiger partial charge in [-0.1, -0.05) is 0 Å². The lowest BCUT2D eigenvalue weighted by atomic mass is 10.3. The average molecular weight is 447 g/mol. The number of sulfonamides is 1. The summed E-state index contributed by atoms with van der Waals surface area (Å²) >= 11 is 0. The van der Waals surface area contributed by atoms with Gasteiger partial charge < -0.3 is 24.5 Å². The minimum atomic E-state index is -3.31. The summed E-state index contributed by atoms with van der Waals surface area (Å²) in [4.78, 5) is 4.02. The molecule has 0 spiro atoms. The van der Waals surface area contributed by atoms with E-state index in [1.54, 1.807) is 36.8 Å². The zero-order valence-corrected chi connectivity index (χ0v) is 18.0. The molecule has 3 N–H and O–H groups in total. The summed E-state index contributed by atoms with van der Waals surface area (Å²) in [5.74, 6) is 1.31. The molecule has 0 bridgehead atoms. The van der Waals surface area contributed by atoms with E-state index in [2.05, 4.69) is 15.0 Å². The third kappa shape index (κ3) is 7.93. The minimum absolute atomic E-state index is 0.114. The molecule has 1 aromatic heterocycles. The van der Waals surface area contributed by atoms with E-state index in [0.717, 1.165) is 17.7 Å². The maximum Gasteiger partial charge on any atom is 0.229 e. The Morgan fingerprint density at radius 1 is 1.06 bits per heavy atom. The number of nitrogens with one attached hydrogen (secondary N) is 2. The van der Waals surface area contributed by atoms with E-state index in [4.69, 9.17) is 9.47 Å². The molecule has 0 unspecified atom stereocenters. The van der Waals surface area contributed by atoms with Gasteiger partial charge in [0.1, 0.15) is 30.8 Å². The van der Waals surface area contributed by atoms with Gasteiger partial charge in [-0.25, -0.2) is 13.4 Å². The van der Waals surface area contributed by atoms with Crippen LogP contribution in [-0.2, 0) is 10.0 Å². The monoisotopic (exact) mass is 446 g/mol. The second-order valence-corrected chi connectivity index (χ2v) is 8.63. The standard InChI is InChI=1S/C21H26N4O5S/c1-31(27,28)24-17-2-6-21(7-3-17)30-15-19(26)14-22-11-13-29-20-8-4-18(5-9-20)25-12-10-23-16-25/h2-10,12,16,19,22,24,26H,11,13-15H2,1H3/t19-/m0/s1. The van der Waals surface area contributed by atoms with Crippen molar-refractivity contribution < 1.29 is 23.0 Å². The van der Waals surface area contributed by atoms with Crippen molar-refractivity contribution in [1.29, 1.82) is 0 Å². The van der Waals surface area contributed by atoms with Crippen LogP contribution in [0.25, 0.3) is 5.69 Å². The predicted molar refractivity (Wildman–Crippen MR) is 118 cm³/mol. The first kappa shape index (κ1) is 22.6. The molecule has 3 aromatic rings. The van der Waals surface area contributed by atoms with Crippen LogP contribution < -0.4 is 19.5 Å². The zero-order valence-electron chi connectivity index (χ0n) is 17.1. The molecule has 0 amide bonds. The molecule has 1 heterocycles. The molecule has 0 aliphatic rings. The Kier molecular flexibility index (Phi) is 7.88. The zero-order chi connectivity index (χ0) is 22.1. The van der Waals surface area contributed by atoms with Gasteiger partial charge in [0.25, 0.3) is 0 Å². The molecule has 3 rings (SSSR count). The molecule has 0 aliphatic heterocycles. The number of benzene rings is 2. The van der Waals surface area contributed by atoms with Gasteiger partial charge in [-0.2, -0.15) is 0 Å². The van der Waals surface area contributed by atoms with Gasteiger partial charge >= 0.3 is 0 Å². The van der Waals surface area contributed by atoms with Crippen LogP contribution in [0.5, 0.6) is 11.5 Å². The average Bonchev–Trinajstić information content (AvgIpc) is 3.27. The second-order valence-electron chi connectivity index (χ2n) is 6.88. The van der Waals surface area contributed by atoms with Crippen LogP contribution in [0, 0.1) is 0 Å². The smallest absolute Gasteiger partial charge is 0.229 e. The van der Waals surface area contributed by atoms with Gasteiger partial charge in [-0.3, -0.25) is 4.72 Å². The van der Waals surface area contributed by atoms with Crippen LogP contribution in [0.4, 0.5) is 5.69 Å². The van der Waals surface area contributed by atoms with E-state index in [0.29, 0.717) is 31.1 Å². The Morgan fingerprint density at radius 3 is 2.39 bits per heavy atom. The first-order valence-electron chi connectivity index (χ1n) is 9.70. The molecule has 9 nitrogen and oxygen atoms in total. The Balaban J connectivity index is 1.29. The molecule has 0 fully saturated rings. The van der Waals surface area contributed by atoms with Gasteiger partial charge in [0.2, 0.25) is 10.0 Å². The topological polar surface area (TPSA) is 115 Å². The molecule has 0 saturated heterocycles. The van der Waals surface area contributed by atoms with Gasteiger partial charge in [-0.05, 0) is 48.5 Å². The SMILES string of the molecule is CS(=O)(=O)Nc1ccc(OC[C@@H](O)CNCCOc2ccc(-n3ccnc3)cc2)cc1. The summed E-state index contributed by atoms with van der Waals surface area (Å²) in [5.41, 5.74) is 1.46. The number of rotatable bonds is 12. The third-order valence-electron chi connectivity index (χ3n) is 4.17. The highest BCUT2D eigenvalue weighted by molar-refractivity contribution is 7.92. The number of ether oxygens (including phenoxy) is 2. The summed E-state index contributed by atoms with van der Waals surface area (Å²) in [6, 6.07) is 14.2. The Labute approximate surface area is 181 Å². The molecule has 166 valence electrons. The number of hydrogen-bond acceptors (Lipinski definition) is 7. The highest BCUT2D eigenvalue weighted by Crippen LogP contribution is 2.17. The van der Waals surface area contributed by atoms with E-state index in [-0.39, 0.29) is 6.61 Å². The Bertz CT molecular complexity index is 1020.